The Morgan fingerprint density at radius 2 is 1.92 bits per heavy atom. The molecule has 1 heterocycles. The molecule has 2 rings (SSSR count). The Morgan fingerprint density at radius 3 is 2.52 bits per heavy atom. The standard InChI is InChI=1S/C19H22FNO4/c1-5-25-18(24)14-11-21(10-12(22)9-19(2,3)4)16-13(17(14)23)7-6-8-15(16)20/h6-8,11H,5,9-10H2,1-4H3. The van der Waals surface area contributed by atoms with Gasteiger partial charge in [0.05, 0.1) is 18.7 Å². The van der Waals surface area contributed by atoms with Crippen molar-refractivity contribution in [2.45, 2.75) is 40.7 Å². The second kappa shape index (κ2) is 7.17. The smallest absolute Gasteiger partial charge is 0.343 e. The van der Waals surface area contributed by atoms with E-state index in [1.807, 2.05) is 20.8 Å². The molecule has 0 N–H and O–H groups in total. The molecule has 0 bridgehead atoms. The lowest BCUT2D eigenvalue weighted by Gasteiger charge is -2.18. The highest BCUT2D eigenvalue weighted by Gasteiger charge is 2.21. The molecule has 1 aromatic carbocycles. The van der Waals surface area contributed by atoms with Gasteiger partial charge in [-0.05, 0) is 24.5 Å². The summed E-state index contributed by atoms with van der Waals surface area (Å²) in [7, 11) is 0. The van der Waals surface area contributed by atoms with Crippen LogP contribution in [0.15, 0.2) is 29.2 Å². The van der Waals surface area contributed by atoms with Gasteiger partial charge in [0.1, 0.15) is 11.4 Å². The van der Waals surface area contributed by atoms with Crippen LogP contribution in [-0.4, -0.2) is 22.9 Å². The number of para-hydroxylation sites is 1. The van der Waals surface area contributed by atoms with E-state index in [4.69, 9.17) is 4.74 Å². The molecule has 0 aliphatic carbocycles. The maximum Gasteiger partial charge on any atom is 0.343 e. The quantitative estimate of drug-likeness (QED) is 0.778. The number of Topliss-reactive ketones (excluding diaryl/α,β-unsaturated/α-hetero) is 1. The number of aromatic nitrogens is 1. The van der Waals surface area contributed by atoms with Crippen molar-refractivity contribution < 1.29 is 18.7 Å². The summed E-state index contributed by atoms with van der Waals surface area (Å²) in [5, 5.41) is 0.0501. The van der Waals surface area contributed by atoms with Crippen LogP contribution in [0.2, 0.25) is 0 Å². The van der Waals surface area contributed by atoms with Crippen LogP contribution >= 0.6 is 0 Å². The summed E-state index contributed by atoms with van der Waals surface area (Å²) in [6.07, 6.45) is 1.51. The third kappa shape index (κ3) is 4.32. The van der Waals surface area contributed by atoms with Gasteiger partial charge >= 0.3 is 5.97 Å². The SMILES string of the molecule is CCOC(=O)c1cn(CC(=O)CC(C)(C)C)c2c(F)cccc2c1=O. The number of halogens is 1. The summed E-state index contributed by atoms with van der Waals surface area (Å²) in [6.45, 7) is 7.41. The second-order valence-electron chi connectivity index (χ2n) is 7.13. The van der Waals surface area contributed by atoms with Crippen molar-refractivity contribution in [3.05, 3.63) is 46.0 Å². The molecule has 0 saturated carbocycles. The van der Waals surface area contributed by atoms with E-state index >= 15 is 0 Å². The average molecular weight is 347 g/mol. The Morgan fingerprint density at radius 1 is 1.24 bits per heavy atom. The highest BCUT2D eigenvalue weighted by atomic mass is 19.1. The van der Waals surface area contributed by atoms with E-state index in [-0.39, 0.29) is 40.8 Å². The highest BCUT2D eigenvalue weighted by Crippen LogP contribution is 2.21. The molecule has 0 spiro atoms. The minimum absolute atomic E-state index is 0.0165. The number of nitrogens with zero attached hydrogens (tertiary/aromatic N) is 1. The van der Waals surface area contributed by atoms with Crippen LogP contribution < -0.4 is 5.43 Å². The molecule has 0 fully saturated rings. The number of esters is 1. The lowest BCUT2D eigenvalue weighted by Crippen LogP contribution is -2.24. The van der Waals surface area contributed by atoms with Crippen LogP contribution in [0.4, 0.5) is 4.39 Å². The molecule has 0 aliphatic rings. The molecular weight excluding hydrogens is 325 g/mol. The zero-order chi connectivity index (χ0) is 18.8. The van der Waals surface area contributed by atoms with E-state index in [0.29, 0.717) is 6.42 Å². The summed E-state index contributed by atoms with van der Waals surface area (Å²) >= 11 is 0. The molecule has 2 aromatic rings. The van der Waals surface area contributed by atoms with E-state index in [1.165, 1.54) is 29.0 Å². The number of benzene rings is 1. The average Bonchev–Trinajstić information content (AvgIpc) is 2.48. The third-order valence-corrected chi connectivity index (χ3v) is 3.62. The number of pyridine rings is 1. The van der Waals surface area contributed by atoms with Crippen LogP contribution in [-0.2, 0) is 16.1 Å². The fraction of sp³-hybridized carbons (Fsp3) is 0.421. The normalized spacial score (nSPS) is 11.6. The van der Waals surface area contributed by atoms with Crippen LogP contribution in [0.5, 0.6) is 0 Å². The summed E-state index contributed by atoms with van der Waals surface area (Å²) in [6, 6.07) is 4.06. The molecule has 134 valence electrons. The van der Waals surface area contributed by atoms with Gasteiger partial charge in [-0.1, -0.05) is 26.8 Å². The van der Waals surface area contributed by atoms with Gasteiger partial charge in [-0.15, -0.1) is 0 Å². The van der Waals surface area contributed by atoms with Gasteiger partial charge < -0.3 is 9.30 Å². The molecule has 0 unspecified atom stereocenters. The fourth-order valence-corrected chi connectivity index (χ4v) is 2.73. The molecule has 5 nitrogen and oxygen atoms in total. The Kier molecular flexibility index (Phi) is 5.40. The summed E-state index contributed by atoms with van der Waals surface area (Å²) < 4.78 is 20.5. The lowest BCUT2D eigenvalue weighted by molar-refractivity contribution is -0.121. The number of hydrogen-bond donors (Lipinski definition) is 0. The number of carbonyl (C=O) groups excluding carboxylic acids is 2. The van der Waals surface area contributed by atoms with Gasteiger partial charge in [-0.25, -0.2) is 9.18 Å². The lowest BCUT2D eigenvalue weighted by atomic mass is 9.90. The molecule has 1 aromatic heterocycles. The number of hydrogen-bond acceptors (Lipinski definition) is 4. The van der Waals surface area contributed by atoms with E-state index in [0.717, 1.165) is 0 Å². The van der Waals surface area contributed by atoms with Crippen LogP contribution in [0.1, 0.15) is 44.5 Å². The summed E-state index contributed by atoms with van der Waals surface area (Å²) in [4.78, 5) is 36.9. The van der Waals surface area contributed by atoms with Crippen molar-refractivity contribution in [3.63, 3.8) is 0 Å². The molecular formula is C19H22FNO4. The van der Waals surface area contributed by atoms with Crippen molar-refractivity contribution >= 4 is 22.7 Å². The minimum Gasteiger partial charge on any atom is -0.462 e. The fourth-order valence-electron chi connectivity index (χ4n) is 2.73. The van der Waals surface area contributed by atoms with Gasteiger partial charge in [0.25, 0.3) is 0 Å². The van der Waals surface area contributed by atoms with Gasteiger partial charge in [-0.3, -0.25) is 9.59 Å². The maximum absolute atomic E-state index is 14.3. The molecule has 0 atom stereocenters. The van der Waals surface area contributed by atoms with Crippen LogP contribution in [0.3, 0.4) is 0 Å². The Bertz CT molecular complexity index is 877. The number of ether oxygens (including phenoxy) is 1. The van der Waals surface area contributed by atoms with E-state index < -0.39 is 17.2 Å². The van der Waals surface area contributed by atoms with Crippen molar-refractivity contribution in [1.29, 1.82) is 0 Å². The molecule has 0 aliphatic heterocycles. The van der Waals surface area contributed by atoms with Gasteiger partial charge in [0.2, 0.25) is 5.43 Å². The molecule has 25 heavy (non-hydrogen) atoms. The molecule has 0 radical (unpaired) electrons. The molecule has 0 saturated heterocycles. The third-order valence-electron chi connectivity index (χ3n) is 3.62. The van der Waals surface area contributed by atoms with Crippen LogP contribution in [0, 0.1) is 11.2 Å². The van der Waals surface area contributed by atoms with Crippen molar-refractivity contribution in [2.24, 2.45) is 5.41 Å². The predicted molar refractivity (Wildman–Crippen MR) is 93.2 cm³/mol. The minimum atomic E-state index is -0.782. The predicted octanol–water partition coefficient (Wildman–Crippen LogP) is 3.32. The second-order valence-corrected chi connectivity index (χ2v) is 7.13. The first-order valence-electron chi connectivity index (χ1n) is 8.14. The van der Waals surface area contributed by atoms with Gasteiger partial charge in [0.15, 0.2) is 5.78 Å². The Balaban J connectivity index is 2.61. The Labute approximate surface area is 145 Å². The zero-order valence-electron chi connectivity index (χ0n) is 14.9. The van der Waals surface area contributed by atoms with Gasteiger partial charge in [-0.2, -0.15) is 0 Å². The first kappa shape index (κ1) is 18.8. The summed E-state index contributed by atoms with van der Waals surface area (Å²) in [5.74, 6) is -1.51. The summed E-state index contributed by atoms with van der Waals surface area (Å²) in [5.41, 5.74) is -1.01. The monoisotopic (exact) mass is 347 g/mol. The number of fused-ring (bicyclic) bond motifs is 1. The van der Waals surface area contributed by atoms with Crippen molar-refractivity contribution in [2.75, 3.05) is 6.61 Å². The molecule has 6 heteroatoms. The van der Waals surface area contributed by atoms with Crippen molar-refractivity contribution in [3.8, 4) is 0 Å². The van der Waals surface area contributed by atoms with E-state index in [1.54, 1.807) is 6.92 Å². The first-order valence-corrected chi connectivity index (χ1v) is 8.14. The van der Waals surface area contributed by atoms with E-state index in [9.17, 15) is 18.8 Å². The first-order chi connectivity index (χ1) is 11.6. The highest BCUT2D eigenvalue weighted by molar-refractivity contribution is 5.94. The Hall–Kier alpha value is -2.50. The number of rotatable bonds is 5. The topological polar surface area (TPSA) is 65.4 Å². The number of carbonyl (C=O) groups is 2. The van der Waals surface area contributed by atoms with Crippen molar-refractivity contribution in [1.82, 2.24) is 4.57 Å². The van der Waals surface area contributed by atoms with Crippen LogP contribution in [0.25, 0.3) is 10.9 Å². The van der Waals surface area contributed by atoms with E-state index in [2.05, 4.69) is 0 Å². The number of ketones is 1. The van der Waals surface area contributed by atoms with Gasteiger partial charge in [0, 0.05) is 18.0 Å². The largest absolute Gasteiger partial charge is 0.462 e. The maximum atomic E-state index is 14.3. The zero-order valence-corrected chi connectivity index (χ0v) is 14.9. The molecule has 0 amide bonds.